The first-order chi connectivity index (χ1) is 17.4. The predicted octanol–water partition coefficient (Wildman–Crippen LogP) is 7.18. The first-order valence-electron chi connectivity index (χ1n) is 10.9. The molecule has 0 saturated carbocycles. The van der Waals surface area contributed by atoms with Crippen LogP contribution in [0.15, 0.2) is 89.8 Å². The van der Waals surface area contributed by atoms with Crippen LogP contribution in [-0.2, 0) is 11.4 Å². The number of carbonyl (C=O) groups excluding carboxylic acids is 1. The average Bonchev–Trinajstić information content (AvgIpc) is 3.16. The zero-order valence-electron chi connectivity index (χ0n) is 18.7. The van der Waals surface area contributed by atoms with Gasteiger partial charge in [-0.1, -0.05) is 84.1 Å². The number of halogens is 1. The Labute approximate surface area is 221 Å². The van der Waals surface area contributed by atoms with Crippen LogP contribution >= 0.6 is 35.6 Å². The Morgan fingerprint density at radius 1 is 1.03 bits per heavy atom. The highest BCUT2D eigenvalue weighted by Crippen LogP contribution is 2.38. The summed E-state index contributed by atoms with van der Waals surface area (Å²) in [6.45, 7) is 0.340. The summed E-state index contributed by atoms with van der Waals surface area (Å²) < 4.78 is 6.49. The highest BCUT2D eigenvalue weighted by atomic mass is 35.5. The lowest BCUT2D eigenvalue weighted by atomic mass is 10.1. The van der Waals surface area contributed by atoms with Crippen molar-refractivity contribution < 1.29 is 19.4 Å². The minimum atomic E-state index is -1.08. The molecule has 1 N–H and O–H groups in total. The molecule has 1 heterocycles. The van der Waals surface area contributed by atoms with Gasteiger partial charge >= 0.3 is 5.97 Å². The fraction of sp³-hybridized carbons (Fsp3) is 0.0357. The number of benzene rings is 4. The molecule has 1 fully saturated rings. The molecule has 1 amide bonds. The van der Waals surface area contributed by atoms with E-state index in [1.807, 2.05) is 24.3 Å². The third kappa shape index (κ3) is 4.86. The molecule has 8 heteroatoms. The van der Waals surface area contributed by atoms with Gasteiger partial charge in [0.15, 0.2) is 4.32 Å². The Balaban J connectivity index is 1.43. The Kier molecular flexibility index (Phi) is 6.78. The summed E-state index contributed by atoms with van der Waals surface area (Å²) in [6, 6.07) is 25.5. The number of thiocarbonyl (C=S) groups is 1. The summed E-state index contributed by atoms with van der Waals surface area (Å²) in [7, 11) is 0. The molecule has 0 spiro atoms. The number of amides is 1. The largest absolute Gasteiger partial charge is 0.488 e. The number of carbonyl (C=O) groups is 2. The molecule has 0 aliphatic carbocycles. The van der Waals surface area contributed by atoms with E-state index in [2.05, 4.69) is 18.2 Å². The fourth-order valence-electron chi connectivity index (χ4n) is 3.95. The molecule has 0 unspecified atom stereocenters. The van der Waals surface area contributed by atoms with Crippen molar-refractivity contribution in [1.82, 2.24) is 0 Å². The maximum Gasteiger partial charge on any atom is 0.335 e. The highest BCUT2D eigenvalue weighted by molar-refractivity contribution is 8.27. The van der Waals surface area contributed by atoms with Gasteiger partial charge in [0.1, 0.15) is 12.4 Å². The number of thioether (sulfide) groups is 1. The van der Waals surface area contributed by atoms with Crippen LogP contribution in [0.1, 0.15) is 21.5 Å². The second-order valence-corrected chi connectivity index (χ2v) is 10.1. The zero-order chi connectivity index (χ0) is 25.2. The van der Waals surface area contributed by atoms with Crippen LogP contribution in [0, 0.1) is 0 Å². The molecule has 36 heavy (non-hydrogen) atoms. The molecular formula is C28H18ClNO4S2. The third-order valence-corrected chi connectivity index (χ3v) is 7.20. The molecule has 0 aromatic heterocycles. The van der Waals surface area contributed by atoms with Gasteiger partial charge in [0.2, 0.25) is 0 Å². The van der Waals surface area contributed by atoms with Crippen molar-refractivity contribution in [3.05, 3.63) is 112 Å². The lowest BCUT2D eigenvalue weighted by Gasteiger charge is -2.15. The molecule has 1 aliphatic heterocycles. The van der Waals surface area contributed by atoms with Crippen molar-refractivity contribution in [3.8, 4) is 5.75 Å². The van der Waals surface area contributed by atoms with Crippen LogP contribution in [0.5, 0.6) is 5.75 Å². The molecular weight excluding hydrogens is 514 g/mol. The molecule has 0 radical (unpaired) electrons. The highest BCUT2D eigenvalue weighted by Gasteiger charge is 2.33. The predicted molar refractivity (Wildman–Crippen MR) is 149 cm³/mol. The second kappa shape index (κ2) is 10.1. The molecule has 1 saturated heterocycles. The molecule has 4 aromatic rings. The minimum Gasteiger partial charge on any atom is -0.488 e. The van der Waals surface area contributed by atoms with Crippen molar-refractivity contribution in [2.24, 2.45) is 0 Å². The molecule has 4 aromatic carbocycles. The normalized spacial score (nSPS) is 14.6. The van der Waals surface area contributed by atoms with E-state index in [1.165, 1.54) is 17.0 Å². The number of nitrogens with zero attached hydrogens (tertiary/aromatic N) is 1. The first-order valence-corrected chi connectivity index (χ1v) is 12.5. The lowest BCUT2D eigenvalue weighted by molar-refractivity contribution is -0.113. The Bertz CT molecular complexity index is 1560. The fourth-order valence-corrected chi connectivity index (χ4v) is 5.42. The van der Waals surface area contributed by atoms with E-state index in [1.54, 1.807) is 36.4 Å². The number of aromatic carboxylic acids is 1. The van der Waals surface area contributed by atoms with Gasteiger partial charge in [-0.15, -0.1) is 0 Å². The quantitative estimate of drug-likeness (QED) is 0.210. The summed E-state index contributed by atoms with van der Waals surface area (Å²) >= 11 is 12.8. The van der Waals surface area contributed by atoms with Crippen LogP contribution in [0.25, 0.3) is 16.8 Å². The van der Waals surface area contributed by atoms with Gasteiger partial charge in [-0.05, 0) is 58.8 Å². The van der Waals surface area contributed by atoms with Gasteiger partial charge in [-0.2, -0.15) is 0 Å². The smallest absolute Gasteiger partial charge is 0.335 e. The first kappa shape index (κ1) is 24.1. The van der Waals surface area contributed by atoms with E-state index < -0.39 is 5.97 Å². The Morgan fingerprint density at radius 2 is 1.81 bits per heavy atom. The third-order valence-electron chi connectivity index (χ3n) is 5.67. The summed E-state index contributed by atoms with van der Waals surface area (Å²) in [4.78, 5) is 26.3. The number of carboxylic acids is 1. The van der Waals surface area contributed by atoms with Crippen molar-refractivity contribution in [3.63, 3.8) is 0 Å². The van der Waals surface area contributed by atoms with Gasteiger partial charge < -0.3 is 9.84 Å². The number of hydrogen-bond donors (Lipinski definition) is 1. The number of ether oxygens (including phenoxy) is 1. The lowest BCUT2D eigenvalue weighted by Crippen LogP contribution is -2.27. The van der Waals surface area contributed by atoms with Crippen LogP contribution in [0.4, 0.5) is 5.69 Å². The van der Waals surface area contributed by atoms with Gasteiger partial charge in [0, 0.05) is 10.6 Å². The van der Waals surface area contributed by atoms with Gasteiger partial charge in [-0.25, -0.2) is 4.79 Å². The number of anilines is 1. The van der Waals surface area contributed by atoms with Crippen LogP contribution < -0.4 is 9.64 Å². The number of rotatable bonds is 6. The topological polar surface area (TPSA) is 66.8 Å². The molecule has 5 rings (SSSR count). The van der Waals surface area contributed by atoms with E-state index in [-0.39, 0.29) is 11.5 Å². The van der Waals surface area contributed by atoms with Crippen LogP contribution in [0.2, 0.25) is 5.02 Å². The monoisotopic (exact) mass is 531 g/mol. The summed E-state index contributed by atoms with van der Waals surface area (Å²) in [5.41, 5.74) is 2.16. The summed E-state index contributed by atoms with van der Waals surface area (Å²) in [6.07, 6.45) is 1.70. The van der Waals surface area contributed by atoms with Gasteiger partial charge in [0.25, 0.3) is 5.91 Å². The Morgan fingerprint density at radius 3 is 2.64 bits per heavy atom. The van der Waals surface area contributed by atoms with Gasteiger partial charge in [0.05, 0.1) is 16.2 Å². The molecule has 5 nitrogen and oxygen atoms in total. The number of hydrogen-bond acceptors (Lipinski definition) is 5. The molecule has 1 aliphatic rings. The van der Waals surface area contributed by atoms with Crippen molar-refractivity contribution >= 4 is 74.3 Å². The summed E-state index contributed by atoms with van der Waals surface area (Å²) in [5, 5.41) is 12.0. The molecule has 178 valence electrons. The average molecular weight is 532 g/mol. The maximum atomic E-state index is 13.3. The van der Waals surface area contributed by atoms with Crippen LogP contribution in [0.3, 0.4) is 0 Å². The Hall–Kier alpha value is -3.65. The van der Waals surface area contributed by atoms with E-state index in [0.717, 1.165) is 28.1 Å². The van der Waals surface area contributed by atoms with E-state index >= 15 is 0 Å². The second-order valence-electron chi connectivity index (χ2n) is 7.98. The molecule has 0 atom stereocenters. The van der Waals surface area contributed by atoms with Crippen molar-refractivity contribution in [1.29, 1.82) is 0 Å². The maximum absolute atomic E-state index is 13.3. The van der Waals surface area contributed by atoms with Gasteiger partial charge in [-0.3, -0.25) is 9.69 Å². The van der Waals surface area contributed by atoms with E-state index in [0.29, 0.717) is 37.9 Å². The van der Waals surface area contributed by atoms with E-state index in [4.69, 9.17) is 28.6 Å². The van der Waals surface area contributed by atoms with Crippen molar-refractivity contribution in [2.45, 2.75) is 6.61 Å². The van der Waals surface area contributed by atoms with Crippen molar-refractivity contribution in [2.75, 3.05) is 4.90 Å². The zero-order valence-corrected chi connectivity index (χ0v) is 21.1. The summed E-state index contributed by atoms with van der Waals surface area (Å²) in [5.74, 6) is -0.845. The minimum absolute atomic E-state index is 0.0736. The SMILES string of the molecule is O=C(O)c1cccc(N2C(=O)/C(=C/c3cc(Cl)ccc3OCc3cccc4ccccc34)SC2=S)c1. The number of carboxylic acid groups (broad SMARTS) is 1. The van der Waals surface area contributed by atoms with Crippen LogP contribution in [-0.4, -0.2) is 21.3 Å². The molecule has 0 bridgehead atoms. The standard InChI is InChI=1S/C28H18ClNO4S2/c29-21-11-12-24(34-16-19-8-3-6-17-5-1-2-10-23(17)19)20(13-21)15-25-26(31)30(28(35)36-25)22-9-4-7-18(14-22)27(32)33/h1-15H,16H2,(H,32,33)/b25-15-. The van der Waals surface area contributed by atoms with E-state index in [9.17, 15) is 14.7 Å². The number of fused-ring (bicyclic) bond motifs is 1.